The molecule has 0 aromatic carbocycles. The summed E-state index contributed by atoms with van der Waals surface area (Å²) in [6.45, 7) is 7.10. The van der Waals surface area contributed by atoms with E-state index in [1.165, 1.54) is 0 Å². The lowest BCUT2D eigenvalue weighted by Crippen LogP contribution is -2.18. The Morgan fingerprint density at radius 2 is 1.89 bits per heavy atom. The standard InChI is InChI=1S/C6H13BrO2/c1-4-8-9-5-6(2,3)7/h4-5H2,1-3H3. The molecule has 0 unspecified atom stereocenters. The summed E-state index contributed by atoms with van der Waals surface area (Å²) in [5.74, 6) is 0. The van der Waals surface area contributed by atoms with Crippen LogP contribution in [0.5, 0.6) is 0 Å². The molecular weight excluding hydrogens is 184 g/mol. The van der Waals surface area contributed by atoms with E-state index in [1.807, 2.05) is 20.8 Å². The molecule has 0 atom stereocenters. The third kappa shape index (κ3) is 8.40. The molecule has 0 saturated heterocycles. The van der Waals surface area contributed by atoms with Gasteiger partial charge in [0.1, 0.15) is 0 Å². The van der Waals surface area contributed by atoms with Crippen molar-refractivity contribution in [3.05, 3.63) is 0 Å². The number of rotatable bonds is 4. The fourth-order valence-corrected chi connectivity index (χ4v) is 0.359. The van der Waals surface area contributed by atoms with Gasteiger partial charge in [-0.05, 0) is 20.8 Å². The molecule has 2 nitrogen and oxygen atoms in total. The maximum atomic E-state index is 4.80. The number of hydrogen-bond donors (Lipinski definition) is 0. The van der Waals surface area contributed by atoms with Gasteiger partial charge in [-0.25, -0.2) is 9.78 Å². The summed E-state index contributed by atoms with van der Waals surface area (Å²) in [4.78, 5) is 9.48. The van der Waals surface area contributed by atoms with E-state index in [0.29, 0.717) is 13.2 Å². The van der Waals surface area contributed by atoms with Crippen LogP contribution >= 0.6 is 15.9 Å². The van der Waals surface area contributed by atoms with E-state index in [0.717, 1.165) is 0 Å². The monoisotopic (exact) mass is 196 g/mol. The molecule has 0 aromatic rings. The van der Waals surface area contributed by atoms with Crippen LogP contribution in [0.25, 0.3) is 0 Å². The minimum atomic E-state index is 0.0160. The molecule has 3 heteroatoms. The van der Waals surface area contributed by atoms with Gasteiger partial charge in [0.15, 0.2) is 0 Å². The van der Waals surface area contributed by atoms with E-state index >= 15 is 0 Å². The first kappa shape index (κ1) is 9.40. The zero-order valence-electron chi connectivity index (χ0n) is 6.11. The van der Waals surface area contributed by atoms with Gasteiger partial charge in [-0.3, -0.25) is 0 Å². The van der Waals surface area contributed by atoms with Gasteiger partial charge in [-0.2, -0.15) is 0 Å². The average Bonchev–Trinajstić information content (AvgIpc) is 1.63. The van der Waals surface area contributed by atoms with Gasteiger partial charge in [0.05, 0.1) is 13.2 Å². The zero-order valence-corrected chi connectivity index (χ0v) is 7.69. The van der Waals surface area contributed by atoms with Crippen molar-refractivity contribution in [3.8, 4) is 0 Å². The van der Waals surface area contributed by atoms with Crippen molar-refractivity contribution >= 4 is 15.9 Å². The lowest BCUT2D eigenvalue weighted by Gasteiger charge is -2.13. The Kier molecular flexibility index (Phi) is 4.44. The van der Waals surface area contributed by atoms with Crippen LogP contribution in [0, 0.1) is 0 Å². The highest BCUT2D eigenvalue weighted by Crippen LogP contribution is 2.15. The first-order chi connectivity index (χ1) is 4.06. The van der Waals surface area contributed by atoms with Gasteiger partial charge in [0.2, 0.25) is 0 Å². The highest BCUT2D eigenvalue weighted by atomic mass is 79.9. The van der Waals surface area contributed by atoms with Crippen molar-refractivity contribution < 1.29 is 9.78 Å². The third-order valence-electron chi connectivity index (χ3n) is 0.603. The molecule has 0 rings (SSSR count). The van der Waals surface area contributed by atoms with Crippen molar-refractivity contribution in [3.63, 3.8) is 0 Å². The Bertz CT molecular complexity index is 67.9. The van der Waals surface area contributed by atoms with Gasteiger partial charge < -0.3 is 0 Å². The summed E-state index contributed by atoms with van der Waals surface area (Å²) in [6.07, 6.45) is 0. The second kappa shape index (κ2) is 4.25. The summed E-state index contributed by atoms with van der Waals surface area (Å²) in [6, 6.07) is 0. The molecule has 0 aromatic heterocycles. The minimum Gasteiger partial charge on any atom is -0.237 e. The molecule has 0 amide bonds. The predicted molar refractivity (Wildman–Crippen MR) is 40.6 cm³/mol. The molecule has 0 fully saturated rings. The van der Waals surface area contributed by atoms with Crippen molar-refractivity contribution in [2.45, 2.75) is 25.1 Å². The van der Waals surface area contributed by atoms with Crippen molar-refractivity contribution in [1.29, 1.82) is 0 Å². The molecule has 9 heavy (non-hydrogen) atoms. The molecule has 0 heterocycles. The summed E-state index contributed by atoms with van der Waals surface area (Å²) in [5, 5.41) is 0. The van der Waals surface area contributed by atoms with Crippen LogP contribution in [0.15, 0.2) is 0 Å². The van der Waals surface area contributed by atoms with Gasteiger partial charge in [0, 0.05) is 4.32 Å². The van der Waals surface area contributed by atoms with Crippen LogP contribution in [0.4, 0.5) is 0 Å². The Morgan fingerprint density at radius 3 is 2.22 bits per heavy atom. The summed E-state index contributed by atoms with van der Waals surface area (Å²) in [5.41, 5.74) is 0. The van der Waals surface area contributed by atoms with Crippen LogP contribution in [0.3, 0.4) is 0 Å². The Labute approximate surface area is 64.6 Å². The van der Waals surface area contributed by atoms with Gasteiger partial charge in [0.25, 0.3) is 0 Å². The van der Waals surface area contributed by atoms with Crippen LogP contribution in [-0.4, -0.2) is 17.5 Å². The summed E-state index contributed by atoms with van der Waals surface area (Å²) >= 11 is 3.40. The second-order valence-corrected chi connectivity index (χ2v) is 4.53. The summed E-state index contributed by atoms with van der Waals surface area (Å²) in [7, 11) is 0. The summed E-state index contributed by atoms with van der Waals surface area (Å²) < 4.78 is 0.0160. The predicted octanol–water partition coefficient (Wildman–Crippen LogP) is 2.13. The first-order valence-electron chi connectivity index (χ1n) is 2.99. The maximum absolute atomic E-state index is 4.80. The van der Waals surface area contributed by atoms with Crippen molar-refractivity contribution in [2.24, 2.45) is 0 Å². The molecule has 0 radical (unpaired) electrons. The molecule has 0 saturated carbocycles. The van der Waals surface area contributed by atoms with E-state index in [4.69, 9.17) is 4.89 Å². The van der Waals surface area contributed by atoms with E-state index in [2.05, 4.69) is 20.8 Å². The smallest absolute Gasteiger partial charge is 0.0970 e. The normalized spacial score (nSPS) is 12.0. The number of halogens is 1. The van der Waals surface area contributed by atoms with Crippen molar-refractivity contribution in [1.82, 2.24) is 0 Å². The quantitative estimate of drug-likeness (QED) is 0.297. The van der Waals surface area contributed by atoms with E-state index < -0.39 is 0 Å². The van der Waals surface area contributed by atoms with Gasteiger partial charge >= 0.3 is 0 Å². The topological polar surface area (TPSA) is 18.5 Å². The first-order valence-corrected chi connectivity index (χ1v) is 3.79. The molecule has 0 aliphatic carbocycles. The Morgan fingerprint density at radius 1 is 1.33 bits per heavy atom. The van der Waals surface area contributed by atoms with E-state index in [9.17, 15) is 0 Å². The SMILES string of the molecule is CCOOCC(C)(C)Br. The molecular formula is C6H13BrO2. The van der Waals surface area contributed by atoms with Crippen LogP contribution in [-0.2, 0) is 9.78 Å². The van der Waals surface area contributed by atoms with E-state index in [-0.39, 0.29) is 4.32 Å². The Balaban J connectivity index is 3.07. The Hall–Kier alpha value is 0.400. The highest BCUT2D eigenvalue weighted by Gasteiger charge is 2.12. The van der Waals surface area contributed by atoms with E-state index in [1.54, 1.807) is 0 Å². The molecule has 0 N–H and O–H groups in total. The minimum absolute atomic E-state index is 0.0160. The van der Waals surface area contributed by atoms with Crippen LogP contribution < -0.4 is 0 Å². The number of hydrogen-bond acceptors (Lipinski definition) is 2. The third-order valence-corrected chi connectivity index (χ3v) is 0.832. The number of alkyl halides is 1. The van der Waals surface area contributed by atoms with Crippen LogP contribution in [0.1, 0.15) is 20.8 Å². The van der Waals surface area contributed by atoms with Crippen LogP contribution in [0.2, 0.25) is 0 Å². The second-order valence-electron chi connectivity index (χ2n) is 2.39. The fourth-order valence-electron chi connectivity index (χ4n) is 0.265. The molecule has 0 bridgehead atoms. The highest BCUT2D eigenvalue weighted by molar-refractivity contribution is 9.10. The van der Waals surface area contributed by atoms with Gasteiger partial charge in [-0.1, -0.05) is 15.9 Å². The zero-order chi connectivity index (χ0) is 7.33. The lowest BCUT2D eigenvalue weighted by atomic mass is 10.2. The molecule has 0 aliphatic heterocycles. The molecule has 0 aliphatic rings. The largest absolute Gasteiger partial charge is 0.237 e. The van der Waals surface area contributed by atoms with Gasteiger partial charge in [-0.15, -0.1) is 0 Å². The molecule has 0 spiro atoms. The van der Waals surface area contributed by atoms with Crippen molar-refractivity contribution in [2.75, 3.05) is 13.2 Å². The maximum Gasteiger partial charge on any atom is 0.0970 e. The lowest BCUT2D eigenvalue weighted by molar-refractivity contribution is -0.293. The average molecular weight is 197 g/mol. The molecule has 56 valence electrons. The fraction of sp³-hybridized carbons (Fsp3) is 1.00.